The molecule has 0 atom stereocenters. The van der Waals surface area contributed by atoms with Gasteiger partial charge in [0.05, 0.1) is 5.56 Å². The highest BCUT2D eigenvalue weighted by Crippen LogP contribution is 2.13. The van der Waals surface area contributed by atoms with Gasteiger partial charge in [-0.2, -0.15) is 0 Å². The van der Waals surface area contributed by atoms with Gasteiger partial charge in [0.15, 0.2) is 0 Å². The topological polar surface area (TPSA) is 55.1 Å². The van der Waals surface area contributed by atoms with Crippen LogP contribution in [-0.2, 0) is 6.42 Å². The van der Waals surface area contributed by atoms with Gasteiger partial charge in [0.2, 0.25) is 0 Å². The van der Waals surface area contributed by atoms with Crippen LogP contribution in [0.4, 0.5) is 5.69 Å². The van der Waals surface area contributed by atoms with Crippen molar-refractivity contribution >= 4 is 11.6 Å². The van der Waals surface area contributed by atoms with Crippen LogP contribution in [0.15, 0.2) is 48.5 Å². The van der Waals surface area contributed by atoms with Gasteiger partial charge in [-0.1, -0.05) is 36.4 Å². The van der Waals surface area contributed by atoms with Gasteiger partial charge in [0.1, 0.15) is 0 Å². The first-order valence-electron chi connectivity index (χ1n) is 6.85. The number of carbonyl (C=O) groups excluding carboxylic acids is 1. The van der Waals surface area contributed by atoms with Gasteiger partial charge in [-0.25, -0.2) is 0 Å². The van der Waals surface area contributed by atoms with Crippen LogP contribution in [0.25, 0.3) is 0 Å². The highest BCUT2D eigenvalue weighted by Gasteiger charge is 2.08. The summed E-state index contributed by atoms with van der Waals surface area (Å²) in [6, 6.07) is 15.7. The number of carbonyl (C=O) groups is 1. The summed E-state index contributed by atoms with van der Waals surface area (Å²) in [5, 5.41) is 2.91. The lowest BCUT2D eigenvalue weighted by atomic mass is 10.1. The molecule has 0 aliphatic carbocycles. The van der Waals surface area contributed by atoms with Crippen LogP contribution in [0.1, 0.15) is 27.9 Å². The second-order valence-corrected chi connectivity index (χ2v) is 4.94. The van der Waals surface area contributed by atoms with Crippen molar-refractivity contribution in [3.8, 4) is 0 Å². The molecule has 3 heteroatoms. The van der Waals surface area contributed by atoms with E-state index in [-0.39, 0.29) is 5.91 Å². The first-order valence-corrected chi connectivity index (χ1v) is 6.85. The molecule has 0 aliphatic rings. The summed E-state index contributed by atoms with van der Waals surface area (Å²) >= 11 is 0. The number of aryl methyl sites for hydroxylation is 2. The van der Waals surface area contributed by atoms with E-state index >= 15 is 0 Å². The number of nitrogen functional groups attached to an aromatic ring is 1. The highest BCUT2D eigenvalue weighted by atomic mass is 16.1. The summed E-state index contributed by atoms with van der Waals surface area (Å²) < 4.78 is 0. The number of nitrogens with two attached hydrogens (primary N) is 1. The van der Waals surface area contributed by atoms with Crippen LogP contribution in [0.5, 0.6) is 0 Å². The largest absolute Gasteiger partial charge is 0.398 e. The Morgan fingerprint density at radius 2 is 1.90 bits per heavy atom. The first-order chi connectivity index (χ1) is 9.66. The first kappa shape index (κ1) is 14.1. The van der Waals surface area contributed by atoms with E-state index in [2.05, 4.69) is 17.4 Å². The number of hydrogen-bond donors (Lipinski definition) is 2. The van der Waals surface area contributed by atoms with Crippen molar-refractivity contribution in [1.82, 2.24) is 5.32 Å². The molecule has 0 radical (unpaired) electrons. The molecule has 0 saturated carbocycles. The number of benzene rings is 2. The number of rotatable bonds is 5. The van der Waals surface area contributed by atoms with E-state index in [1.54, 1.807) is 6.07 Å². The van der Waals surface area contributed by atoms with Crippen molar-refractivity contribution in [3.05, 3.63) is 65.2 Å². The molecular weight excluding hydrogens is 248 g/mol. The summed E-state index contributed by atoms with van der Waals surface area (Å²) in [5.74, 6) is -0.101. The van der Waals surface area contributed by atoms with Crippen molar-refractivity contribution in [2.45, 2.75) is 19.8 Å². The summed E-state index contributed by atoms with van der Waals surface area (Å²) in [6.45, 7) is 2.61. The van der Waals surface area contributed by atoms with E-state index in [0.29, 0.717) is 17.8 Å². The Kier molecular flexibility index (Phi) is 4.77. The predicted molar refractivity (Wildman–Crippen MR) is 82.7 cm³/mol. The van der Waals surface area contributed by atoms with Crippen LogP contribution in [-0.4, -0.2) is 12.5 Å². The maximum atomic E-state index is 12.0. The minimum Gasteiger partial charge on any atom is -0.398 e. The molecule has 2 aromatic carbocycles. The Bertz CT molecular complexity index is 579. The Morgan fingerprint density at radius 1 is 1.15 bits per heavy atom. The molecule has 0 heterocycles. The summed E-state index contributed by atoms with van der Waals surface area (Å²) in [7, 11) is 0. The Morgan fingerprint density at radius 3 is 2.60 bits per heavy atom. The van der Waals surface area contributed by atoms with Gasteiger partial charge in [-0.05, 0) is 43.0 Å². The van der Waals surface area contributed by atoms with Crippen LogP contribution in [0, 0.1) is 6.92 Å². The molecular formula is C17H20N2O. The average Bonchev–Trinajstić information content (AvgIpc) is 2.44. The standard InChI is InChI=1S/C17H20N2O/c1-13-9-10-15(16(18)12-13)17(20)19-11-5-8-14-6-3-2-4-7-14/h2-4,6-7,9-10,12H,5,8,11,18H2,1H3,(H,19,20). The lowest BCUT2D eigenvalue weighted by Gasteiger charge is -2.08. The molecule has 2 rings (SSSR count). The molecule has 0 bridgehead atoms. The molecule has 3 nitrogen and oxygen atoms in total. The summed E-state index contributed by atoms with van der Waals surface area (Å²) in [6.07, 6.45) is 1.88. The zero-order valence-corrected chi connectivity index (χ0v) is 11.7. The van der Waals surface area contributed by atoms with Gasteiger partial charge < -0.3 is 11.1 Å². The van der Waals surface area contributed by atoms with Gasteiger partial charge >= 0.3 is 0 Å². The minimum atomic E-state index is -0.101. The van der Waals surface area contributed by atoms with E-state index in [0.717, 1.165) is 18.4 Å². The highest BCUT2D eigenvalue weighted by molar-refractivity contribution is 5.99. The monoisotopic (exact) mass is 268 g/mol. The van der Waals surface area contributed by atoms with Crippen molar-refractivity contribution < 1.29 is 4.79 Å². The maximum Gasteiger partial charge on any atom is 0.253 e. The molecule has 3 N–H and O–H groups in total. The van der Waals surface area contributed by atoms with E-state index in [9.17, 15) is 4.79 Å². The minimum absolute atomic E-state index is 0.101. The van der Waals surface area contributed by atoms with Crippen molar-refractivity contribution in [2.24, 2.45) is 0 Å². The molecule has 0 unspecified atom stereocenters. The Balaban J connectivity index is 1.80. The average molecular weight is 268 g/mol. The van der Waals surface area contributed by atoms with Gasteiger partial charge in [-0.15, -0.1) is 0 Å². The fourth-order valence-electron chi connectivity index (χ4n) is 2.12. The van der Waals surface area contributed by atoms with Gasteiger partial charge in [0.25, 0.3) is 5.91 Å². The molecule has 104 valence electrons. The van der Waals surface area contributed by atoms with Crippen molar-refractivity contribution in [1.29, 1.82) is 0 Å². The number of hydrogen-bond acceptors (Lipinski definition) is 2. The van der Waals surface area contributed by atoms with E-state index in [4.69, 9.17) is 5.73 Å². The normalized spacial score (nSPS) is 10.2. The van der Waals surface area contributed by atoms with E-state index in [1.807, 2.05) is 37.3 Å². The maximum absolute atomic E-state index is 12.0. The second kappa shape index (κ2) is 6.75. The quantitative estimate of drug-likeness (QED) is 0.647. The zero-order chi connectivity index (χ0) is 14.4. The number of nitrogens with one attached hydrogen (secondary N) is 1. The third-order valence-electron chi connectivity index (χ3n) is 3.22. The van der Waals surface area contributed by atoms with E-state index in [1.165, 1.54) is 5.56 Å². The summed E-state index contributed by atoms with van der Waals surface area (Å²) in [4.78, 5) is 12.0. The van der Waals surface area contributed by atoms with Gasteiger partial charge in [0, 0.05) is 12.2 Å². The summed E-state index contributed by atoms with van der Waals surface area (Å²) in [5.41, 5.74) is 9.29. The molecule has 1 amide bonds. The van der Waals surface area contributed by atoms with Crippen LogP contribution >= 0.6 is 0 Å². The fourth-order valence-corrected chi connectivity index (χ4v) is 2.12. The smallest absolute Gasteiger partial charge is 0.253 e. The third kappa shape index (κ3) is 3.85. The predicted octanol–water partition coefficient (Wildman–Crippen LogP) is 2.94. The fraction of sp³-hybridized carbons (Fsp3) is 0.235. The lowest BCUT2D eigenvalue weighted by Crippen LogP contribution is -2.25. The van der Waals surface area contributed by atoms with Crippen LogP contribution in [0.2, 0.25) is 0 Å². The molecule has 0 saturated heterocycles. The lowest BCUT2D eigenvalue weighted by molar-refractivity contribution is 0.0954. The van der Waals surface area contributed by atoms with Crippen LogP contribution < -0.4 is 11.1 Å². The molecule has 0 aliphatic heterocycles. The van der Waals surface area contributed by atoms with Gasteiger partial charge in [-0.3, -0.25) is 4.79 Å². The van der Waals surface area contributed by atoms with E-state index < -0.39 is 0 Å². The Hall–Kier alpha value is -2.29. The Labute approximate surface area is 119 Å². The van der Waals surface area contributed by atoms with Crippen molar-refractivity contribution in [3.63, 3.8) is 0 Å². The third-order valence-corrected chi connectivity index (χ3v) is 3.22. The molecule has 0 fully saturated rings. The van der Waals surface area contributed by atoms with Crippen molar-refractivity contribution in [2.75, 3.05) is 12.3 Å². The SMILES string of the molecule is Cc1ccc(C(=O)NCCCc2ccccc2)c(N)c1. The second-order valence-electron chi connectivity index (χ2n) is 4.94. The molecule has 0 aromatic heterocycles. The molecule has 20 heavy (non-hydrogen) atoms. The van der Waals surface area contributed by atoms with Crippen LogP contribution in [0.3, 0.4) is 0 Å². The number of anilines is 1. The zero-order valence-electron chi connectivity index (χ0n) is 11.7. The molecule has 0 spiro atoms. The molecule has 2 aromatic rings. The number of amides is 1.